The Morgan fingerprint density at radius 3 is 2.33 bits per heavy atom. The summed E-state index contributed by atoms with van der Waals surface area (Å²) in [6.07, 6.45) is 7.62. The first-order chi connectivity index (χ1) is 24.7. The summed E-state index contributed by atoms with van der Waals surface area (Å²) in [5.74, 6) is 3.75. The van der Waals surface area contributed by atoms with E-state index in [9.17, 15) is 0 Å². The summed E-state index contributed by atoms with van der Waals surface area (Å²) in [5, 5.41) is 7.47. The summed E-state index contributed by atoms with van der Waals surface area (Å²) in [7, 11) is 0. The predicted octanol–water partition coefficient (Wildman–Crippen LogP) is 12.6. The van der Waals surface area contributed by atoms with Gasteiger partial charge in [-0.05, 0) is 116 Å². The van der Waals surface area contributed by atoms with Gasteiger partial charge < -0.3 is 4.74 Å². The lowest BCUT2D eigenvalue weighted by molar-refractivity contribution is 0.482. The van der Waals surface area contributed by atoms with Gasteiger partial charge in [0.15, 0.2) is 0 Å². The van der Waals surface area contributed by atoms with Crippen LogP contribution in [0.4, 0.5) is 0 Å². The smallest absolute Gasteiger partial charge is 0.137 e. The monoisotopic (exact) mass is 674 g/mol. The lowest BCUT2D eigenvalue weighted by Gasteiger charge is -2.14. The Balaban J connectivity index is 1.30. The summed E-state index contributed by atoms with van der Waals surface area (Å²) >= 11 is 0. The lowest BCUT2D eigenvalue weighted by Crippen LogP contribution is -2.01. The van der Waals surface area contributed by atoms with Crippen LogP contribution in [0.15, 0.2) is 103 Å². The van der Waals surface area contributed by atoms with E-state index in [4.69, 9.17) is 14.8 Å². The standard InChI is InChI=1S/C46H50N4O/c1-8-13-35-25-38(50-34(7)46(33(6)48-50)36-16-10-9-11-17-36)28-40(26-35)51-39-19-20-41-42-27-37(32(5)15-12-14-30(2)3)18-21-43(42)49(44(41)29-39)45-24-31(4)22-23-47-45/h9-11,16-30,32H,8,12-15H2,1-7H3. The van der Waals surface area contributed by atoms with Gasteiger partial charge in [-0.1, -0.05) is 83.4 Å². The highest BCUT2D eigenvalue weighted by atomic mass is 16.5. The quantitative estimate of drug-likeness (QED) is 0.130. The Kier molecular flexibility index (Phi) is 9.82. The molecule has 51 heavy (non-hydrogen) atoms. The van der Waals surface area contributed by atoms with E-state index >= 15 is 0 Å². The molecule has 7 rings (SSSR count). The van der Waals surface area contributed by atoms with Crippen molar-refractivity contribution < 1.29 is 4.74 Å². The number of pyridine rings is 1. The lowest BCUT2D eigenvalue weighted by atomic mass is 9.92. The first-order valence-corrected chi connectivity index (χ1v) is 18.6. The van der Waals surface area contributed by atoms with E-state index in [1.807, 2.05) is 6.20 Å². The third kappa shape index (κ3) is 7.08. The zero-order valence-corrected chi connectivity index (χ0v) is 31.2. The van der Waals surface area contributed by atoms with Crippen molar-refractivity contribution in [2.24, 2.45) is 5.92 Å². The van der Waals surface area contributed by atoms with Crippen molar-refractivity contribution in [3.05, 3.63) is 131 Å². The highest BCUT2D eigenvalue weighted by Gasteiger charge is 2.19. The molecule has 3 aromatic heterocycles. The van der Waals surface area contributed by atoms with Crippen LogP contribution in [0.25, 0.3) is 44.4 Å². The van der Waals surface area contributed by atoms with Crippen molar-refractivity contribution >= 4 is 21.8 Å². The molecule has 0 aliphatic heterocycles. The number of rotatable bonds is 12. The zero-order chi connectivity index (χ0) is 35.6. The van der Waals surface area contributed by atoms with Gasteiger partial charge in [-0.2, -0.15) is 5.10 Å². The Labute approximate surface area is 302 Å². The summed E-state index contributed by atoms with van der Waals surface area (Å²) in [4.78, 5) is 4.84. The van der Waals surface area contributed by atoms with Gasteiger partial charge in [-0.3, -0.25) is 4.57 Å². The molecular weight excluding hydrogens is 625 g/mol. The molecule has 0 aliphatic carbocycles. The van der Waals surface area contributed by atoms with E-state index in [0.29, 0.717) is 5.92 Å². The normalized spacial score (nSPS) is 12.3. The summed E-state index contributed by atoms with van der Waals surface area (Å²) < 4.78 is 11.1. The van der Waals surface area contributed by atoms with Crippen molar-refractivity contribution in [3.63, 3.8) is 0 Å². The zero-order valence-electron chi connectivity index (χ0n) is 31.2. The number of aryl methyl sites for hydroxylation is 3. The number of hydrogen-bond donors (Lipinski definition) is 0. The molecule has 1 atom stereocenters. The van der Waals surface area contributed by atoms with Crippen molar-refractivity contribution in [1.82, 2.24) is 19.3 Å². The largest absolute Gasteiger partial charge is 0.457 e. The topological polar surface area (TPSA) is 44.9 Å². The molecule has 4 aromatic carbocycles. The molecule has 5 heteroatoms. The first kappa shape index (κ1) is 34.3. The Morgan fingerprint density at radius 2 is 1.57 bits per heavy atom. The molecule has 0 fully saturated rings. The van der Waals surface area contributed by atoms with Crippen LogP contribution in [-0.4, -0.2) is 19.3 Å². The van der Waals surface area contributed by atoms with E-state index in [1.165, 1.54) is 57.9 Å². The van der Waals surface area contributed by atoms with Gasteiger partial charge in [-0.25, -0.2) is 9.67 Å². The van der Waals surface area contributed by atoms with Crippen LogP contribution in [0.3, 0.4) is 0 Å². The van der Waals surface area contributed by atoms with Gasteiger partial charge in [0.25, 0.3) is 0 Å². The maximum atomic E-state index is 6.76. The molecule has 0 saturated carbocycles. The minimum absolute atomic E-state index is 0.502. The van der Waals surface area contributed by atoms with E-state index in [0.717, 1.165) is 64.2 Å². The van der Waals surface area contributed by atoms with Crippen molar-refractivity contribution in [2.75, 3.05) is 0 Å². The molecule has 0 saturated heterocycles. The molecule has 7 aromatic rings. The second kappa shape index (κ2) is 14.6. The first-order valence-electron chi connectivity index (χ1n) is 18.6. The highest BCUT2D eigenvalue weighted by Crippen LogP contribution is 2.38. The maximum Gasteiger partial charge on any atom is 0.137 e. The molecule has 0 N–H and O–H groups in total. The molecule has 3 heterocycles. The van der Waals surface area contributed by atoms with Crippen LogP contribution in [-0.2, 0) is 6.42 Å². The number of nitrogens with zero attached hydrogens (tertiary/aromatic N) is 4. The molecule has 0 radical (unpaired) electrons. The van der Waals surface area contributed by atoms with Crippen LogP contribution in [0.2, 0.25) is 0 Å². The fourth-order valence-corrected chi connectivity index (χ4v) is 7.59. The second-order valence-electron chi connectivity index (χ2n) is 14.7. The van der Waals surface area contributed by atoms with Crippen LogP contribution in [0.1, 0.15) is 87.4 Å². The van der Waals surface area contributed by atoms with E-state index in [1.54, 1.807) is 0 Å². The van der Waals surface area contributed by atoms with E-state index in [-0.39, 0.29) is 0 Å². The predicted molar refractivity (Wildman–Crippen MR) is 213 cm³/mol. The summed E-state index contributed by atoms with van der Waals surface area (Å²) in [5.41, 5.74) is 11.5. The fraction of sp³-hybridized carbons (Fsp3) is 0.304. The number of ether oxygens (including phenoxy) is 1. The van der Waals surface area contributed by atoms with Gasteiger partial charge in [0.1, 0.15) is 17.3 Å². The second-order valence-corrected chi connectivity index (χ2v) is 14.7. The van der Waals surface area contributed by atoms with Gasteiger partial charge in [-0.15, -0.1) is 0 Å². The minimum atomic E-state index is 0.502. The average Bonchev–Trinajstić information content (AvgIpc) is 3.60. The third-order valence-electron chi connectivity index (χ3n) is 10.2. The van der Waals surface area contributed by atoms with Crippen LogP contribution in [0.5, 0.6) is 11.5 Å². The fourth-order valence-electron chi connectivity index (χ4n) is 7.59. The summed E-state index contributed by atoms with van der Waals surface area (Å²) in [6, 6.07) is 34.8. The molecule has 5 nitrogen and oxygen atoms in total. The summed E-state index contributed by atoms with van der Waals surface area (Å²) in [6.45, 7) is 15.6. The average molecular weight is 675 g/mol. The van der Waals surface area contributed by atoms with Crippen molar-refractivity contribution in [3.8, 4) is 34.1 Å². The molecule has 260 valence electrons. The maximum absolute atomic E-state index is 6.76. The van der Waals surface area contributed by atoms with E-state index < -0.39 is 0 Å². The highest BCUT2D eigenvalue weighted by molar-refractivity contribution is 6.09. The Bertz CT molecular complexity index is 2310. The van der Waals surface area contributed by atoms with E-state index in [2.05, 4.69) is 155 Å². The van der Waals surface area contributed by atoms with Crippen molar-refractivity contribution in [1.29, 1.82) is 0 Å². The van der Waals surface area contributed by atoms with Crippen molar-refractivity contribution in [2.45, 2.75) is 86.5 Å². The van der Waals surface area contributed by atoms with Gasteiger partial charge in [0, 0.05) is 40.4 Å². The molecule has 0 aliphatic rings. The Hall–Kier alpha value is -5.16. The Morgan fingerprint density at radius 1 is 0.745 bits per heavy atom. The number of hydrogen-bond acceptors (Lipinski definition) is 3. The third-order valence-corrected chi connectivity index (χ3v) is 10.2. The molecular formula is C46H50N4O. The van der Waals surface area contributed by atoms with Crippen LogP contribution >= 0.6 is 0 Å². The molecule has 0 spiro atoms. The minimum Gasteiger partial charge on any atom is -0.457 e. The molecule has 0 bridgehead atoms. The SMILES string of the molecule is CCCc1cc(Oc2ccc3c4cc(C(C)CCCC(C)C)ccc4n(-c4cc(C)ccn4)c3c2)cc(-n2nc(C)c(-c3ccccc3)c2C)c1. The number of aromatic nitrogens is 4. The molecule has 0 amide bonds. The van der Waals surface area contributed by atoms with Gasteiger partial charge in [0.2, 0.25) is 0 Å². The van der Waals surface area contributed by atoms with Gasteiger partial charge in [0.05, 0.1) is 22.4 Å². The van der Waals surface area contributed by atoms with Crippen LogP contribution < -0.4 is 4.74 Å². The number of fused-ring (bicyclic) bond motifs is 3. The van der Waals surface area contributed by atoms with Crippen LogP contribution in [0, 0.1) is 26.7 Å². The van der Waals surface area contributed by atoms with Gasteiger partial charge >= 0.3 is 0 Å². The molecule has 1 unspecified atom stereocenters. The number of benzene rings is 4.